The number of nitrogens with one attached hydrogen (secondary N) is 1. The minimum Gasteiger partial charge on any atom is -0.496 e. The molecule has 0 aliphatic carbocycles. The quantitative estimate of drug-likeness (QED) is 0.813. The number of rotatable bonds is 5. The first-order chi connectivity index (χ1) is 8.08. The Hall–Kier alpha value is -1.55. The van der Waals surface area contributed by atoms with Crippen LogP contribution in [0.25, 0.3) is 0 Å². The van der Waals surface area contributed by atoms with E-state index in [9.17, 15) is 4.79 Å². The van der Waals surface area contributed by atoms with Crippen molar-refractivity contribution < 1.29 is 9.53 Å². The first kappa shape index (κ1) is 13.5. The molecule has 0 radical (unpaired) electrons. The van der Waals surface area contributed by atoms with Crippen molar-refractivity contribution in [2.75, 3.05) is 13.7 Å². The monoisotopic (exact) mass is 236 g/mol. The molecular formula is C13H20N2O2. The topological polar surface area (TPSA) is 64.3 Å². The van der Waals surface area contributed by atoms with Crippen LogP contribution in [-0.2, 0) is 0 Å². The number of benzene rings is 1. The van der Waals surface area contributed by atoms with Crippen molar-refractivity contribution in [2.24, 2.45) is 5.73 Å². The lowest BCUT2D eigenvalue weighted by Gasteiger charge is -2.12. The SMILES string of the molecule is CCC(N)CNC(=O)c1cc(C)ccc1OC. The fraction of sp³-hybridized carbons (Fsp3) is 0.462. The molecule has 0 aromatic heterocycles. The van der Waals surface area contributed by atoms with E-state index < -0.39 is 0 Å². The highest BCUT2D eigenvalue weighted by Crippen LogP contribution is 2.19. The third kappa shape index (κ3) is 3.75. The minimum atomic E-state index is -0.144. The van der Waals surface area contributed by atoms with Gasteiger partial charge >= 0.3 is 0 Å². The number of methoxy groups -OCH3 is 1. The first-order valence-electron chi connectivity index (χ1n) is 5.77. The average Bonchev–Trinajstić information content (AvgIpc) is 2.35. The van der Waals surface area contributed by atoms with E-state index in [0.29, 0.717) is 17.9 Å². The smallest absolute Gasteiger partial charge is 0.255 e. The average molecular weight is 236 g/mol. The van der Waals surface area contributed by atoms with Crippen molar-refractivity contribution in [2.45, 2.75) is 26.3 Å². The lowest BCUT2D eigenvalue weighted by Crippen LogP contribution is -2.36. The summed E-state index contributed by atoms with van der Waals surface area (Å²) in [5.74, 6) is 0.438. The first-order valence-corrected chi connectivity index (χ1v) is 5.77. The van der Waals surface area contributed by atoms with E-state index in [4.69, 9.17) is 10.5 Å². The van der Waals surface area contributed by atoms with Gasteiger partial charge in [0.05, 0.1) is 12.7 Å². The summed E-state index contributed by atoms with van der Waals surface area (Å²) in [5.41, 5.74) is 7.33. The van der Waals surface area contributed by atoms with E-state index in [-0.39, 0.29) is 11.9 Å². The van der Waals surface area contributed by atoms with Crippen LogP contribution in [0.15, 0.2) is 18.2 Å². The van der Waals surface area contributed by atoms with Gasteiger partial charge in [-0.1, -0.05) is 18.6 Å². The summed E-state index contributed by atoms with van der Waals surface area (Å²) in [6.45, 7) is 4.41. The molecule has 94 valence electrons. The maximum atomic E-state index is 12.0. The van der Waals surface area contributed by atoms with Gasteiger partial charge in [0.1, 0.15) is 5.75 Å². The van der Waals surface area contributed by atoms with E-state index in [1.54, 1.807) is 13.2 Å². The van der Waals surface area contributed by atoms with Gasteiger partial charge in [0.15, 0.2) is 0 Å². The molecule has 0 saturated heterocycles. The number of carbonyl (C=O) groups is 1. The lowest BCUT2D eigenvalue weighted by molar-refractivity contribution is 0.0948. The van der Waals surface area contributed by atoms with Crippen molar-refractivity contribution in [3.05, 3.63) is 29.3 Å². The fourth-order valence-electron chi connectivity index (χ4n) is 1.46. The van der Waals surface area contributed by atoms with E-state index in [1.165, 1.54) is 0 Å². The molecule has 3 N–H and O–H groups in total. The summed E-state index contributed by atoms with van der Waals surface area (Å²) >= 11 is 0. The number of ether oxygens (including phenoxy) is 1. The number of carbonyl (C=O) groups excluding carboxylic acids is 1. The molecule has 4 heteroatoms. The van der Waals surface area contributed by atoms with Crippen molar-refractivity contribution in [1.82, 2.24) is 5.32 Å². The number of nitrogens with two attached hydrogens (primary N) is 1. The predicted octanol–water partition coefficient (Wildman–Crippen LogP) is 1.47. The van der Waals surface area contributed by atoms with E-state index in [0.717, 1.165) is 12.0 Å². The van der Waals surface area contributed by atoms with Crippen molar-refractivity contribution in [1.29, 1.82) is 0 Å². The van der Waals surface area contributed by atoms with Gasteiger partial charge in [-0.2, -0.15) is 0 Å². The number of hydrogen-bond donors (Lipinski definition) is 2. The van der Waals surface area contributed by atoms with Gasteiger partial charge in [0.25, 0.3) is 5.91 Å². The molecular weight excluding hydrogens is 216 g/mol. The van der Waals surface area contributed by atoms with Crippen LogP contribution in [0.3, 0.4) is 0 Å². The summed E-state index contributed by atoms with van der Waals surface area (Å²) in [7, 11) is 1.55. The Morgan fingerprint density at radius 2 is 2.24 bits per heavy atom. The molecule has 0 aliphatic heterocycles. The fourth-order valence-corrected chi connectivity index (χ4v) is 1.46. The number of hydrogen-bond acceptors (Lipinski definition) is 3. The maximum absolute atomic E-state index is 12.0. The molecule has 1 atom stereocenters. The molecule has 0 saturated carbocycles. The second kappa shape index (κ2) is 6.25. The molecule has 1 amide bonds. The largest absolute Gasteiger partial charge is 0.496 e. The summed E-state index contributed by atoms with van der Waals surface area (Å²) in [6, 6.07) is 5.51. The number of aryl methyl sites for hydroxylation is 1. The molecule has 0 bridgehead atoms. The zero-order chi connectivity index (χ0) is 12.8. The van der Waals surface area contributed by atoms with Crippen LogP contribution in [0.1, 0.15) is 29.3 Å². The molecule has 1 unspecified atom stereocenters. The molecule has 0 heterocycles. The molecule has 1 rings (SSSR count). The van der Waals surface area contributed by atoms with Crippen LogP contribution in [0.4, 0.5) is 0 Å². The Bertz CT molecular complexity index is 391. The molecule has 0 aliphatic rings. The van der Waals surface area contributed by atoms with Crippen molar-refractivity contribution in [3.63, 3.8) is 0 Å². The van der Waals surface area contributed by atoms with Gasteiger partial charge in [-0.25, -0.2) is 0 Å². The Morgan fingerprint density at radius 3 is 2.82 bits per heavy atom. The van der Waals surface area contributed by atoms with Crippen LogP contribution < -0.4 is 15.8 Å². The van der Waals surface area contributed by atoms with Crippen LogP contribution >= 0.6 is 0 Å². The predicted molar refractivity (Wildman–Crippen MR) is 68.3 cm³/mol. The van der Waals surface area contributed by atoms with Crippen LogP contribution in [0.5, 0.6) is 5.75 Å². The van der Waals surface area contributed by atoms with Gasteiger partial charge < -0.3 is 15.8 Å². The highest BCUT2D eigenvalue weighted by Gasteiger charge is 2.12. The molecule has 1 aromatic carbocycles. The lowest BCUT2D eigenvalue weighted by atomic mass is 10.1. The molecule has 4 nitrogen and oxygen atoms in total. The summed E-state index contributed by atoms with van der Waals surface area (Å²) in [6.07, 6.45) is 0.839. The highest BCUT2D eigenvalue weighted by atomic mass is 16.5. The van der Waals surface area contributed by atoms with Gasteiger partial charge in [0.2, 0.25) is 0 Å². The zero-order valence-electron chi connectivity index (χ0n) is 10.6. The van der Waals surface area contributed by atoms with Crippen LogP contribution in [0.2, 0.25) is 0 Å². The normalized spacial score (nSPS) is 12.0. The Morgan fingerprint density at radius 1 is 1.53 bits per heavy atom. The second-order valence-electron chi connectivity index (χ2n) is 4.08. The van der Waals surface area contributed by atoms with Crippen molar-refractivity contribution in [3.8, 4) is 5.75 Å². The Balaban J connectivity index is 2.77. The Kier molecular flexibility index (Phi) is 4.97. The number of amides is 1. The van der Waals surface area contributed by atoms with Crippen LogP contribution in [-0.4, -0.2) is 25.6 Å². The Labute approximate surface area is 102 Å². The highest BCUT2D eigenvalue weighted by molar-refractivity contribution is 5.97. The van der Waals surface area contributed by atoms with E-state index in [1.807, 2.05) is 26.0 Å². The van der Waals surface area contributed by atoms with Gasteiger partial charge in [-0.3, -0.25) is 4.79 Å². The minimum absolute atomic E-state index is 0.00486. The summed E-state index contributed by atoms with van der Waals surface area (Å²) in [5, 5.41) is 2.81. The van der Waals surface area contributed by atoms with E-state index >= 15 is 0 Å². The van der Waals surface area contributed by atoms with Gasteiger partial charge in [-0.15, -0.1) is 0 Å². The summed E-state index contributed by atoms with van der Waals surface area (Å²) < 4.78 is 5.16. The van der Waals surface area contributed by atoms with Crippen molar-refractivity contribution >= 4 is 5.91 Å². The maximum Gasteiger partial charge on any atom is 0.255 e. The third-order valence-electron chi connectivity index (χ3n) is 2.65. The zero-order valence-corrected chi connectivity index (χ0v) is 10.6. The van der Waals surface area contributed by atoms with Gasteiger partial charge in [0, 0.05) is 12.6 Å². The molecule has 0 fully saturated rings. The standard InChI is InChI=1S/C13H20N2O2/c1-4-10(14)8-15-13(16)11-7-9(2)5-6-12(11)17-3/h5-7,10H,4,8,14H2,1-3H3,(H,15,16). The third-order valence-corrected chi connectivity index (χ3v) is 2.65. The molecule has 17 heavy (non-hydrogen) atoms. The molecule has 1 aromatic rings. The van der Waals surface area contributed by atoms with Crippen LogP contribution in [0, 0.1) is 6.92 Å². The summed E-state index contributed by atoms with van der Waals surface area (Å²) in [4.78, 5) is 12.0. The molecule has 0 spiro atoms. The second-order valence-corrected chi connectivity index (χ2v) is 4.08. The van der Waals surface area contributed by atoms with E-state index in [2.05, 4.69) is 5.32 Å². The van der Waals surface area contributed by atoms with Gasteiger partial charge in [-0.05, 0) is 25.5 Å².